The third-order valence-electron chi connectivity index (χ3n) is 8.30. The number of nitrogens with one attached hydrogen (secondary N) is 1. The summed E-state index contributed by atoms with van der Waals surface area (Å²) in [6, 6.07) is 3.69. The summed E-state index contributed by atoms with van der Waals surface area (Å²) >= 11 is 0. The molecule has 0 unspecified atom stereocenters. The van der Waals surface area contributed by atoms with Crippen LogP contribution in [0, 0.1) is 12.8 Å². The predicted molar refractivity (Wildman–Crippen MR) is 135 cm³/mol. The van der Waals surface area contributed by atoms with E-state index < -0.39 is 11.7 Å². The van der Waals surface area contributed by atoms with Crippen LogP contribution in [0.25, 0.3) is 11.0 Å². The number of hydrogen-bond acceptors (Lipinski definition) is 6. The Morgan fingerprint density at radius 1 is 1.19 bits per heavy atom. The molecular formula is C28H36N2O6. The number of nitrogens with zero attached hydrogens (tertiary/aromatic N) is 1. The molecule has 3 atom stereocenters. The van der Waals surface area contributed by atoms with E-state index in [1.54, 1.807) is 11.8 Å². The van der Waals surface area contributed by atoms with Crippen LogP contribution in [-0.4, -0.2) is 53.2 Å². The molecule has 1 aromatic carbocycles. The van der Waals surface area contributed by atoms with E-state index in [1.165, 1.54) is 0 Å². The van der Waals surface area contributed by atoms with Gasteiger partial charge in [0.2, 0.25) is 5.91 Å². The summed E-state index contributed by atoms with van der Waals surface area (Å²) in [6.45, 7) is 4.50. The van der Waals surface area contributed by atoms with Gasteiger partial charge in [0, 0.05) is 24.6 Å². The number of benzene rings is 1. The van der Waals surface area contributed by atoms with Gasteiger partial charge in [-0.15, -0.1) is 0 Å². The first-order valence-corrected chi connectivity index (χ1v) is 13.3. The van der Waals surface area contributed by atoms with E-state index in [4.69, 9.17) is 9.15 Å². The van der Waals surface area contributed by atoms with Crippen molar-refractivity contribution in [3.05, 3.63) is 39.2 Å². The van der Waals surface area contributed by atoms with Crippen LogP contribution in [0.5, 0.6) is 5.75 Å². The molecule has 194 valence electrons. The van der Waals surface area contributed by atoms with Gasteiger partial charge >= 0.3 is 5.63 Å². The summed E-state index contributed by atoms with van der Waals surface area (Å²) in [4.78, 5) is 39.9. The molecule has 0 spiro atoms. The first kappa shape index (κ1) is 24.8. The number of carbonyl (C=O) groups excluding carboxylic acids is 2. The molecule has 2 fully saturated rings. The summed E-state index contributed by atoms with van der Waals surface area (Å²) in [5.74, 6) is 0.117. The van der Waals surface area contributed by atoms with Crippen LogP contribution < -0.4 is 15.7 Å². The first-order chi connectivity index (χ1) is 17.2. The maximum Gasteiger partial charge on any atom is 0.339 e. The molecule has 2 aromatic rings. The van der Waals surface area contributed by atoms with Crippen molar-refractivity contribution in [2.24, 2.45) is 5.92 Å². The molecule has 8 nitrogen and oxygen atoms in total. The maximum absolute atomic E-state index is 12.9. The minimum absolute atomic E-state index is 0.101. The van der Waals surface area contributed by atoms with Crippen molar-refractivity contribution in [2.75, 3.05) is 19.6 Å². The van der Waals surface area contributed by atoms with E-state index in [1.807, 2.05) is 19.1 Å². The van der Waals surface area contributed by atoms with Crippen molar-refractivity contribution in [1.82, 2.24) is 10.2 Å². The Kier molecular flexibility index (Phi) is 6.81. The van der Waals surface area contributed by atoms with Crippen LogP contribution in [0.1, 0.15) is 68.6 Å². The Balaban J connectivity index is 1.25. The van der Waals surface area contributed by atoms with Crippen LogP contribution in [0.15, 0.2) is 21.3 Å². The second-order valence-electron chi connectivity index (χ2n) is 10.8. The van der Waals surface area contributed by atoms with Gasteiger partial charge in [0.25, 0.3) is 5.91 Å². The van der Waals surface area contributed by atoms with Crippen molar-refractivity contribution in [3.63, 3.8) is 0 Å². The average molecular weight is 497 g/mol. The molecule has 2 heterocycles. The summed E-state index contributed by atoms with van der Waals surface area (Å²) in [7, 11) is 0. The van der Waals surface area contributed by atoms with Gasteiger partial charge in [-0.3, -0.25) is 9.59 Å². The highest BCUT2D eigenvalue weighted by Gasteiger charge is 2.43. The molecule has 1 saturated carbocycles. The molecule has 3 aliphatic rings. The van der Waals surface area contributed by atoms with Gasteiger partial charge in [-0.05, 0) is 82.1 Å². The highest BCUT2D eigenvalue weighted by Crippen LogP contribution is 2.40. The number of amides is 2. The Hall–Kier alpha value is -2.87. The quantitative estimate of drug-likeness (QED) is 0.616. The normalized spacial score (nSPS) is 24.5. The van der Waals surface area contributed by atoms with Gasteiger partial charge in [-0.1, -0.05) is 12.8 Å². The molecule has 5 rings (SSSR count). The number of aliphatic hydroxyl groups is 1. The number of likely N-dealkylation sites (tertiary alicyclic amines) is 1. The van der Waals surface area contributed by atoms with Crippen molar-refractivity contribution >= 4 is 22.8 Å². The number of fused-ring (bicyclic) bond motifs is 4. The molecule has 0 bridgehead atoms. The summed E-state index contributed by atoms with van der Waals surface area (Å²) in [6.07, 6.45) is 7.04. The van der Waals surface area contributed by atoms with Crippen molar-refractivity contribution in [2.45, 2.75) is 83.3 Å². The fraction of sp³-hybridized carbons (Fsp3) is 0.607. The molecule has 2 amide bonds. The smallest absolute Gasteiger partial charge is 0.339 e. The lowest BCUT2D eigenvalue weighted by Gasteiger charge is -2.47. The zero-order chi connectivity index (χ0) is 25.4. The van der Waals surface area contributed by atoms with Gasteiger partial charge in [0.05, 0.1) is 17.5 Å². The fourth-order valence-corrected chi connectivity index (χ4v) is 6.22. The predicted octanol–water partition coefficient (Wildman–Crippen LogP) is 3.02. The van der Waals surface area contributed by atoms with Crippen LogP contribution >= 0.6 is 0 Å². The zero-order valence-electron chi connectivity index (χ0n) is 21.2. The number of ether oxygens (including phenoxy) is 1. The third kappa shape index (κ3) is 4.75. The zero-order valence-corrected chi connectivity index (χ0v) is 21.2. The fourth-order valence-electron chi connectivity index (χ4n) is 6.22. The van der Waals surface area contributed by atoms with E-state index in [2.05, 4.69) is 5.32 Å². The second-order valence-corrected chi connectivity index (χ2v) is 10.8. The van der Waals surface area contributed by atoms with Gasteiger partial charge in [0.15, 0.2) is 6.10 Å². The molecule has 36 heavy (non-hydrogen) atoms. The second kappa shape index (κ2) is 9.88. The van der Waals surface area contributed by atoms with E-state index >= 15 is 0 Å². The lowest BCUT2D eigenvalue weighted by atomic mass is 9.71. The lowest BCUT2D eigenvalue weighted by molar-refractivity contribution is -0.144. The van der Waals surface area contributed by atoms with Crippen LogP contribution in [0.3, 0.4) is 0 Å². The van der Waals surface area contributed by atoms with Crippen molar-refractivity contribution in [1.29, 1.82) is 0 Å². The summed E-state index contributed by atoms with van der Waals surface area (Å²) < 4.78 is 11.7. The summed E-state index contributed by atoms with van der Waals surface area (Å²) in [5.41, 5.74) is 2.07. The minimum atomic E-state index is -0.834. The maximum atomic E-state index is 12.9. The highest BCUT2D eigenvalue weighted by atomic mass is 16.5. The Morgan fingerprint density at radius 3 is 2.78 bits per heavy atom. The standard InChI is InChI=1S/C28H36N2O6/c1-17-13-22(25-20-8-3-4-9-21(20)27(33)36-23(25)14-17)35-18(2)26(32)29-15-24(31)30-12-11-28(34)10-6-5-7-19(28)16-30/h13-14,18-19,34H,3-12,15-16H2,1-2H3,(H,29,32)/t18-,19-,28+/m1/s1. The largest absolute Gasteiger partial charge is 0.480 e. The average Bonchev–Trinajstić information content (AvgIpc) is 2.86. The highest BCUT2D eigenvalue weighted by molar-refractivity contribution is 5.90. The Labute approximate surface area is 211 Å². The molecule has 8 heteroatoms. The van der Waals surface area contributed by atoms with Gasteiger partial charge in [-0.25, -0.2) is 4.79 Å². The molecule has 1 aromatic heterocycles. The molecule has 0 radical (unpaired) electrons. The molecule has 2 N–H and O–H groups in total. The molecule has 1 aliphatic heterocycles. The molecule has 2 aliphatic carbocycles. The van der Waals surface area contributed by atoms with Crippen molar-refractivity contribution in [3.8, 4) is 5.75 Å². The number of aryl methyl sites for hydroxylation is 2. The number of hydrogen-bond donors (Lipinski definition) is 2. The SMILES string of the molecule is Cc1cc(O[C@H](C)C(=O)NCC(=O)N2CC[C@@]3(O)CCCC[C@@H]3C2)c2c3c(c(=O)oc2c1)CCCC3. The first-order valence-electron chi connectivity index (χ1n) is 13.3. The number of carbonyl (C=O) groups is 2. The van der Waals surface area contributed by atoms with E-state index in [0.29, 0.717) is 42.8 Å². The Bertz CT molecular complexity index is 1240. The van der Waals surface area contributed by atoms with Gasteiger partial charge < -0.3 is 24.5 Å². The van der Waals surface area contributed by atoms with Crippen LogP contribution in [0.2, 0.25) is 0 Å². The third-order valence-corrected chi connectivity index (χ3v) is 8.30. The van der Waals surface area contributed by atoms with Crippen molar-refractivity contribution < 1.29 is 23.8 Å². The molecular weight excluding hydrogens is 460 g/mol. The number of piperidine rings is 1. The van der Waals surface area contributed by atoms with E-state index in [0.717, 1.165) is 61.5 Å². The van der Waals surface area contributed by atoms with Crippen LogP contribution in [0.4, 0.5) is 0 Å². The summed E-state index contributed by atoms with van der Waals surface area (Å²) in [5, 5.41) is 14.3. The number of rotatable bonds is 5. The molecule has 1 saturated heterocycles. The van der Waals surface area contributed by atoms with Gasteiger partial charge in [-0.2, -0.15) is 0 Å². The van der Waals surface area contributed by atoms with Crippen LogP contribution in [-0.2, 0) is 22.4 Å². The monoisotopic (exact) mass is 496 g/mol. The lowest BCUT2D eigenvalue weighted by Crippen LogP contribution is -2.56. The Morgan fingerprint density at radius 2 is 1.97 bits per heavy atom. The topological polar surface area (TPSA) is 109 Å². The minimum Gasteiger partial charge on any atom is -0.480 e. The van der Waals surface area contributed by atoms with E-state index in [-0.39, 0.29) is 29.9 Å². The van der Waals surface area contributed by atoms with Gasteiger partial charge in [0.1, 0.15) is 11.3 Å². The van der Waals surface area contributed by atoms with E-state index in [9.17, 15) is 19.5 Å².